The number of hydrogen-bond acceptors (Lipinski definition) is 3. The monoisotopic (exact) mass is 264 g/mol. The molecule has 6 heteroatoms. The van der Waals surface area contributed by atoms with E-state index in [4.69, 9.17) is 11.6 Å². The van der Waals surface area contributed by atoms with Gasteiger partial charge < -0.3 is 4.57 Å². The Morgan fingerprint density at radius 3 is 2.78 bits per heavy atom. The Morgan fingerprint density at radius 1 is 1.33 bits per heavy atom. The highest BCUT2D eigenvalue weighted by molar-refractivity contribution is 6.31. The van der Waals surface area contributed by atoms with Gasteiger partial charge in [0.2, 0.25) is 0 Å². The van der Waals surface area contributed by atoms with E-state index in [1.54, 1.807) is 29.0 Å². The van der Waals surface area contributed by atoms with Crippen molar-refractivity contribution in [3.8, 4) is 0 Å². The third kappa shape index (κ3) is 2.26. The Labute approximate surface area is 108 Å². The topological polar surface area (TPSA) is 65.1 Å². The minimum atomic E-state index is -0.481. The Kier molecular flexibility index (Phi) is 3.43. The average Bonchev–Trinajstić information content (AvgIpc) is 2.78. The van der Waals surface area contributed by atoms with Crippen molar-refractivity contribution < 1.29 is 9.72 Å². The number of nitrogens with zero attached hydrogens (tertiary/aromatic N) is 2. The molecule has 0 aliphatic rings. The minimum Gasteiger partial charge on any atom is -0.341 e. The summed E-state index contributed by atoms with van der Waals surface area (Å²) in [4.78, 5) is 21.2. The summed E-state index contributed by atoms with van der Waals surface area (Å²) in [6.07, 6.45) is 2.37. The molecule has 0 spiro atoms. The van der Waals surface area contributed by atoms with Crippen LogP contribution >= 0.6 is 11.6 Å². The molecular formula is C12H9ClN2O3. The van der Waals surface area contributed by atoms with Gasteiger partial charge in [-0.05, 0) is 18.2 Å². The molecular weight excluding hydrogens is 256 g/mol. The third-order valence-corrected chi connectivity index (χ3v) is 2.96. The molecule has 0 fully saturated rings. The second kappa shape index (κ2) is 5.01. The molecule has 0 amide bonds. The van der Waals surface area contributed by atoms with Crippen molar-refractivity contribution in [2.45, 2.75) is 6.54 Å². The van der Waals surface area contributed by atoms with Crippen LogP contribution in [0.3, 0.4) is 0 Å². The predicted molar refractivity (Wildman–Crippen MR) is 67.0 cm³/mol. The molecule has 2 rings (SSSR count). The summed E-state index contributed by atoms with van der Waals surface area (Å²) in [7, 11) is 0. The smallest absolute Gasteiger partial charge is 0.275 e. The molecule has 0 aliphatic carbocycles. The Bertz CT molecular complexity index is 607. The average molecular weight is 265 g/mol. The zero-order valence-corrected chi connectivity index (χ0v) is 10.0. The standard InChI is InChI=1S/C12H9ClN2O3/c13-11-4-1-5-12(15(17)18)10(11)7-14-6-2-3-9(14)8-16/h1-6,8H,7H2. The lowest BCUT2D eigenvalue weighted by Gasteiger charge is -2.08. The van der Waals surface area contributed by atoms with Gasteiger partial charge in [-0.1, -0.05) is 17.7 Å². The molecule has 0 atom stereocenters. The van der Waals surface area contributed by atoms with Gasteiger partial charge in [0, 0.05) is 12.3 Å². The highest BCUT2D eigenvalue weighted by Gasteiger charge is 2.17. The van der Waals surface area contributed by atoms with Crippen molar-refractivity contribution in [2.24, 2.45) is 0 Å². The van der Waals surface area contributed by atoms with E-state index >= 15 is 0 Å². The van der Waals surface area contributed by atoms with Crippen LogP contribution in [-0.4, -0.2) is 15.8 Å². The van der Waals surface area contributed by atoms with E-state index in [0.29, 0.717) is 22.6 Å². The van der Waals surface area contributed by atoms with Crippen LogP contribution in [0.5, 0.6) is 0 Å². The predicted octanol–water partition coefficient (Wildman–Crippen LogP) is 2.91. The highest BCUT2D eigenvalue weighted by atomic mass is 35.5. The molecule has 2 aromatic rings. The van der Waals surface area contributed by atoms with E-state index in [1.807, 2.05) is 0 Å². The first-order valence-corrected chi connectivity index (χ1v) is 5.53. The van der Waals surface area contributed by atoms with Gasteiger partial charge in [-0.25, -0.2) is 0 Å². The van der Waals surface area contributed by atoms with Crippen molar-refractivity contribution in [3.63, 3.8) is 0 Å². The van der Waals surface area contributed by atoms with Crippen molar-refractivity contribution in [3.05, 3.63) is 62.9 Å². The summed E-state index contributed by atoms with van der Waals surface area (Å²) < 4.78 is 1.61. The van der Waals surface area contributed by atoms with Gasteiger partial charge in [0.15, 0.2) is 6.29 Å². The van der Waals surface area contributed by atoms with Gasteiger partial charge in [-0.15, -0.1) is 0 Å². The second-order valence-corrected chi connectivity index (χ2v) is 4.08. The van der Waals surface area contributed by atoms with Gasteiger partial charge >= 0.3 is 0 Å². The van der Waals surface area contributed by atoms with E-state index in [9.17, 15) is 14.9 Å². The normalized spacial score (nSPS) is 10.3. The Morgan fingerprint density at radius 2 is 2.11 bits per heavy atom. The fourth-order valence-corrected chi connectivity index (χ4v) is 1.95. The number of benzene rings is 1. The van der Waals surface area contributed by atoms with E-state index in [1.165, 1.54) is 12.1 Å². The summed E-state index contributed by atoms with van der Waals surface area (Å²) in [5.74, 6) is 0. The van der Waals surface area contributed by atoms with Crippen LogP contribution in [0.25, 0.3) is 0 Å². The molecule has 1 aromatic carbocycles. The quantitative estimate of drug-likeness (QED) is 0.484. The number of nitro groups is 1. The first-order chi connectivity index (χ1) is 8.63. The number of carbonyl (C=O) groups excluding carboxylic acids is 1. The third-order valence-electron chi connectivity index (χ3n) is 2.60. The zero-order chi connectivity index (χ0) is 13.1. The lowest BCUT2D eigenvalue weighted by atomic mass is 10.1. The van der Waals surface area contributed by atoms with Crippen LogP contribution in [0.2, 0.25) is 5.02 Å². The lowest BCUT2D eigenvalue weighted by Crippen LogP contribution is -2.05. The number of hydrogen-bond donors (Lipinski definition) is 0. The van der Waals surface area contributed by atoms with Crippen LogP contribution in [0.15, 0.2) is 36.5 Å². The molecule has 0 saturated carbocycles. The van der Waals surface area contributed by atoms with Crippen LogP contribution < -0.4 is 0 Å². The number of halogens is 1. The Hall–Kier alpha value is -2.14. The molecule has 1 heterocycles. The summed E-state index contributed by atoms with van der Waals surface area (Å²) in [6, 6.07) is 7.85. The van der Waals surface area contributed by atoms with E-state index in [-0.39, 0.29) is 12.2 Å². The van der Waals surface area contributed by atoms with Crippen molar-refractivity contribution >= 4 is 23.6 Å². The molecule has 0 N–H and O–H groups in total. The molecule has 0 radical (unpaired) electrons. The number of carbonyl (C=O) groups is 1. The van der Waals surface area contributed by atoms with Gasteiger partial charge in [0.25, 0.3) is 5.69 Å². The van der Waals surface area contributed by atoms with Gasteiger partial charge in [-0.2, -0.15) is 0 Å². The van der Waals surface area contributed by atoms with Gasteiger partial charge in [0.05, 0.1) is 27.7 Å². The minimum absolute atomic E-state index is 0.0481. The SMILES string of the molecule is O=Cc1cccn1Cc1c(Cl)cccc1[N+](=O)[O-]. The molecule has 0 bridgehead atoms. The summed E-state index contributed by atoms with van der Waals surface area (Å²) in [6.45, 7) is 0.192. The lowest BCUT2D eigenvalue weighted by molar-refractivity contribution is -0.385. The maximum absolute atomic E-state index is 10.9. The number of aldehydes is 1. The first kappa shape index (κ1) is 12.3. The van der Waals surface area contributed by atoms with Crippen LogP contribution in [0.4, 0.5) is 5.69 Å². The summed E-state index contributed by atoms with van der Waals surface area (Å²) in [5.41, 5.74) is 0.792. The fourth-order valence-electron chi connectivity index (χ4n) is 1.72. The van der Waals surface area contributed by atoms with Crippen LogP contribution in [-0.2, 0) is 6.54 Å². The highest BCUT2D eigenvalue weighted by Crippen LogP contribution is 2.27. The molecule has 0 unspecified atom stereocenters. The molecule has 1 aromatic heterocycles. The second-order valence-electron chi connectivity index (χ2n) is 3.67. The van der Waals surface area contributed by atoms with Crippen molar-refractivity contribution in [2.75, 3.05) is 0 Å². The zero-order valence-electron chi connectivity index (χ0n) is 9.25. The first-order valence-electron chi connectivity index (χ1n) is 5.15. The number of aromatic nitrogens is 1. The summed E-state index contributed by atoms with van der Waals surface area (Å²) >= 11 is 5.98. The van der Waals surface area contributed by atoms with E-state index < -0.39 is 4.92 Å². The number of rotatable bonds is 4. The molecule has 92 valence electrons. The fraction of sp³-hybridized carbons (Fsp3) is 0.0833. The van der Waals surface area contributed by atoms with Crippen molar-refractivity contribution in [1.82, 2.24) is 4.57 Å². The summed E-state index contributed by atoms with van der Waals surface area (Å²) in [5, 5.41) is 11.2. The molecule has 18 heavy (non-hydrogen) atoms. The van der Waals surface area contributed by atoms with Crippen molar-refractivity contribution in [1.29, 1.82) is 0 Å². The van der Waals surface area contributed by atoms with Gasteiger partial charge in [-0.3, -0.25) is 14.9 Å². The molecule has 0 saturated heterocycles. The van der Waals surface area contributed by atoms with E-state index in [2.05, 4.69) is 0 Å². The number of nitro benzene ring substituents is 1. The molecule has 5 nitrogen and oxygen atoms in total. The maximum Gasteiger partial charge on any atom is 0.275 e. The van der Waals surface area contributed by atoms with Gasteiger partial charge in [0.1, 0.15) is 0 Å². The van der Waals surface area contributed by atoms with Crippen LogP contribution in [0, 0.1) is 10.1 Å². The van der Waals surface area contributed by atoms with E-state index in [0.717, 1.165) is 0 Å². The molecule has 0 aliphatic heterocycles. The largest absolute Gasteiger partial charge is 0.341 e. The van der Waals surface area contributed by atoms with Crippen LogP contribution in [0.1, 0.15) is 16.1 Å². The Balaban J connectivity index is 2.46. The maximum atomic E-state index is 10.9.